The van der Waals surface area contributed by atoms with E-state index in [1.165, 1.54) is 6.20 Å². The van der Waals surface area contributed by atoms with Gasteiger partial charge in [-0.3, -0.25) is 4.79 Å². The van der Waals surface area contributed by atoms with Crippen molar-refractivity contribution in [3.05, 3.63) is 72.2 Å². The molecule has 0 saturated carbocycles. The summed E-state index contributed by atoms with van der Waals surface area (Å²) in [6, 6.07) is 15.0. The van der Waals surface area contributed by atoms with Crippen LogP contribution < -0.4 is 20.1 Å². The van der Waals surface area contributed by atoms with E-state index in [1.54, 1.807) is 20.4 Å². The zero-order valence-corrected chi connectivity index (χ0v) is 15.8. The van der Waals surface area contributed by atoms with E-state index < -0.39 is 0 Å². The lowest BCUT2D eigenvalue weighted by Gasteiger charge is -2.10. The molecule has 7 heteroatoms. The van der Waals surface area contributed by atoms with E-state index in [2.05, 4.69) is 20.6 Å². The molecule has 0 radical (unpaired) electrons. The zero-order chi connectivity index (χ0) is 19.8. The highest BCUT2D eigenvalue weighted by atomic mass is 16.5. The third kappa shape index (κ3) is 4.97. The highest BCUT2D eigenvalue weighted by Gasteiger charge is 2.08. The summed E-state index contributed by atoms with van der Waals surface area (Å²) in [5.74, 6) is 1.72. The van der Waals surface area contributed by atoms with Crippen molar-refractivity contribution in [3.8, 4) is 11.5 Å². The number of carbonyl (C=O) groups is 1. The third-order valence-corrected chi connectivity index (χ3v) is 4.08. The highest BCUT2D eigenvalue weighted by molar-refractivity contribution is 6.02. The second-order valence-corrected chi connectivity index (χ2v) is 5.97. The van der Waals surface area contributed by atoms with Crippen molar-refractivity contribution >= 4 is 17.4 Å². The van der Waals surface area contributed by atoms with E-state index >= 15 is 0 Å². The van der Waals surface area contributed by atoms with Crippen molar-refractivity contribution in [2.24, 2.45) is 0 Å². The van der Waals surface area contributed by atoms with Crippen LogP contribution in [0.5, 0.6) is 11.5 Å². The van der Waals surface area contributed by atoms with E-state index in [1.807, 2.05) is 48.5 Å². The number of carbonyl (C=O) groups excluding carboxylic acids is 1. The number of benzene rings is 2. The minimum absolute atomic E-state index is 0.259. The zero-order valence-electron chi connectivity index (χ0n) is 15.8. The summed E-state index contributed by atoms with van der Waals surface area (Å²) in [6.45, 7) is 0.666. The fourth-order valence-electron chi connectivity index (χ4n) is 2.62. The van der Waals surface area contributed by atoms with Crippen LogP contribution in [0.25, 0.3) is 0 Å². The SMILES string of the molecule is COc1ccc(CCNc2cnc(C(=O)Nc3ccccc3)cn2)cc1OC. The Balaban J connectivity index is 1.52. The van der Waals surface area contributed by atoms with Crippen LogP contribution in [0.4, 0.5) is 11.5 Å². The average Bonchev–Trinajstić information content (AvgIpc) is 2.74. The summed E-state index contributed by atoms with van der Waals surface area (Å²) in [6.07, 6.45) is 3.78. The Kier molecular flexibility index (Phi) is 6.41. The molecule has 3 rings (SSSR count). The number of methoxy groups -OCH3 is 2. The fraction of sp³-hybridized carbons (Fsp3) is 0.190. The van der Waals surface area contributed by atoms with Crippen molar-refractivity contribution < 1.29 is 14.3 Å². The van der Waals surface area contributed by atoms with Gasteiger partial charge in [0.2, 0.25) is 0 Å². The molecule has 28 heavy (non-hydrogen) atoms. The van der Waals surface area contributed by atoms with E-state index in [0.29, 0.717) is 29.5 Å². The molecule has 0 fully saturated rings. The monoisotopic (exact) mass is 378 g/mol. The normalized spacial score (nSPS) is 10.2. The number of hydrogen-bond donors (Lipinski definition) is 2. The van der Waals surface area contributed by atoms with Crippen molar-refractivity contribution in [1.29, 1.82) is 0 Å². The van der Waals surface area contributed by atoms with Gasteiger partial charge in [-0.25, -0.2) is 9.97 Å². The molecular formula is C21H22N4O3. The minimum Gasteiger partial charge on any atom is -0.493 e. The average molecular weight is 378 g/mol. The Labute approximate surface area is 163 Å². The summed E-state index contributed by atoms with van der Waals surface area (Å²) < 4.78 is 10.6. The molecule has 1 heterocycles. The molecule has 1 aromatic heterocycles. The number of rotatable bonds is 8. The van der Waals surface area contributed by atoms with Crippen LogP contribution in [0.3, 0.4) is 0 Å². The molecule has 2 aromatic carbocycles. The number of anilines is 2. The van der Waals surface area contributed by atoms with Crippen molar-refractivity contribution in [3.63, 3.8) is 0 Å². The van der Waals surface area contributed by atoms with Gasteiger partial charge in [-0.2, -0.15) is 0 Å². The van der Waals surface area contributed by atoms with Crippen LogP contribution in [-0.4, -0.2) is 36.6 Å². The quantitative estimate of drug-likeness (QED) is 0.625. The summed E-state index contributed by atoms with van der Waals surface area (Å²) in [5, 5.41) is 5.98. The van der Waals surface area contributed by atoms with Gasteiger partial charge >= 0.3 is 0 Å². The number of para-hydroxylation sites is 1. The van der Waals surface area contributed by atoms with E-state index in [4.69, 9.17) is 9.47 Å². The lowest BCUT2D eigenvalue weighted by Crippen LogP contribution is -2.14. The third-order valence-electron chi connectivity index (χ3n) is 4.08. The molecule has 0 aliphatic heterocycles. The first-order chi connectivity index (χ1) is 13.7. The molecular weight excluding hydrogens is 356 g/mol. The standard InChI is InChI=1S/C21H22N4O3/c1-27-18-9-8-15(12-19(18)28-2)10-11-22-20-14-23-17(13-24-20)21(26)25-16-6-4-3-5-7-16/h3-9,12-14H,10-11H2,1-2H3,(H,22,24)(H,25,26). The summed E-state index contributed by atoms with van der Waals surface area (Å²) in [5.41, 5.74) is 2.08. The lowest BCUT2D eigenvalue weighted by atomic mass is 10.1. The second-order valence-electron chi connectivity index (χ2n) is 5.97. The minimum atomic E-state index is -0.296. The van der Waals surface area contributed by atoms with Gasteiger partial charge in [0.25, 0.3) is 5.91 Å². The summed E-state index contributed by atoms with van der Waals surface area (Å²) >= 11 is 0. The Morgan fingerprint density at radius 1 is 0.964 bits per heavy atom. The molecule has 0 unspecified atom stereocenters. The van der Waals surface area contributed by atoms with Crippen LogP contribution in [0.2, 0.25) is 0 Å². The molecule has 0 spiro atoms. The maximum absolute atomic E-state index is 12.2. The Hall–Kier alpha value is -3.61. The van der Waals surface area contributed by atoms with Gasteiger partial charge in [0.15, 0.2) is 11.5 Å². The number of ether oxygens (including phenoxy) is 2. The Morgan fingerprint density at radius 2 is 1.75 bits per heavy atom. The first-order valence-electron chi connectivity index (χ1n) is 8.83. The molecule has 3 aromatic rings. The van der Waals surface area contributed by atoms with Crippen LogP contribution in [0.15, 0.2) is 60.9 Å². The summed E-state index contributed by atoms with van der Waals surface area (Å²) in [7, 11) is 3.23. The van der Waals surface area contributed by atoms with Crippen molar-refractivity contribution in [1.82, 2.24) is 9.97 Å². The number of nitrogens with zero attached hydrogens (tertiary/aromatic N) is 2. The van der Waals surface area contributed by atoms with Crippen LogP contribution >= 0.6 is 0 Å². The number of hydrogen-bond acceptors (Lipinski definition) is 6. The second kappa shape index (κ2) is 9.36. The fourth-order valence-corrected chi connectivity index (χ4v) is 2.62. The first-order valence-corrected chi connectivity index (χ1v) is 8.83. The first kappa shape index (κ1) is 19.2. The smallest absolute Gasteiger partial charge is 0.275 e. The predicted octanol–water partition coefficient (Wildman–Crippen LogP) is 3.40. The van der Waals surface area contributed by atoms with Gasteiger partial charge < -0.3 is 20.1 Å². The van der Waals surface area contributed by atoms with Crippen LogP contribution in [0, 0.1) is 0 Å². The van der Waals surface area contributed by atoms with Crippen LogP contribution in [-0.2, 0) is 6.42 Å². The molecule has 2 N–H and O–H groups in total. The van der Waals surface area contributed by atoms with Gasteiger partial charge in [-0.15, -0.1) is 0 Å². The summed E-state index contributed by atoms with van der Waals surface area (Å²) in [4.78, 5) is 20.6. The molecule has 0 atom stereocenters. The molecule has 144 valence electrons. The number of aromatic nitrogens is 2. The van der Waals surface area contributed by atoms with Crippen LogP contribution in [0.1, 0.15) is 16.1 Å². The van der Waals surface area contributed by atoms with E-state index in [9.17, 15) is 4.79 Å². The van der Waals surface area contributed by atoms with Crippen molar-refractivity contribution in [2.45, 2.75) is 6.42 Å². The van der Waals surface area contributed by atoms with Gasteiger partial charge in [0, 0.05) is 12.2 Å². The van der Waals surface area contributed by atoms with Gasteiger partial charge in [0.1, 0.15) is 11.5 Å². The maximum atomic E-state index is 12.2. The van der Waals surface area contributed by atoms with Gasteiger partial charge in [0.05, 0.1) is 26.6 Å². The lowest BCUT2D eigenvalue weighted by molar-refractivity contribution is 0.102. The largest absolute Gasteiger partial charge is 0.493 e. The number of amides is 1. The Morgan fingerprint density at radius 3 is 2.43 bits per heavy atom. The topological polar surface area (TPSA) is 85.4 Å². The predicted molar refractivity (Wildman–Crippen MR) is 108 cm³/mol. The Bertz CT molecular complexity index is 915. The number of nitrogens with one attached hydrogen (secondary N) is 2. The molecule has 0 saturated heterocycles. The van der Waals surface area contributed by atoms with Gasteiger partial charge in [-0.1, -0.05) is 24.3 Å². The maximum Gasteiger partial charge on any atom is 0.275 e. The van der Waals surface area contributed by atoms with E-state index in [0.717, 1.165) is 12.0 Å². The molecule has 0 aliphatic rings. The molecule has 1 amide bonds. The van der Waals surface area contributed by atoms with E-state index in [-0.39, 0.29) is 11.6 Å². The molecule has 7 nitrogen and oxygen atoms in total. The molecule has 0 aliphatic carbocycles. The highest BCUT2D eigenvalue weighted by Crippen LogP contribution is 2.27. The van der Waals surface area contributed by atoms with Gasteiger partial charge in [-0.05, 0) is 36.2 Å². The molecule has 0 bridgehead atoms. The van der Waals surface area contributed by atoms with Crippen molar-refractivity contribution in [2.75, 3.05) is 31.4 Å².